The summed E-state index contributed by atoms with van der Waals surface area (Å²) in [5, 5.41) is 5.51. The van der Waals surface area contributed by atoms with E-state index in [2.05, 4.69) is 15.6 Å². The number of amides is 2. The predicted molar refractivity (Wildman–Crippen MR) is 122 cm³/mol. The van der Waals surface area contributed by atoms with Gasteiger partial charge in [-0.15, -0.1) is 0 Å². The van der Waals surface area contributed by atoms with E-state index in [1.165, 1.54) is 0 Å². The van der Waals surface area contributed by atoms with Gasteiger partial charge in [0.25, 0.3) is 5.91 Å². The number of pyridine rings is 1. The van der Waals surface area contributed by atoms with Gasteiger partial charge in [-0.3, -0.25) is 10.1 Å². The second-order valence-corrected chi connectivity index (χ2v) is 8.17. The fourth-order valence-corrected chi connectivity index (χ4v) is 2.81. The van der Waals surface area contributed by atoms with E-state index in [-0.39, 0.29) is 5.91 Å². The van der Waals surface area contributed by atoms with Gasteiger partial charge in [0.1, 0.15) is 12.2 Å². The first-order valence-electron chi connectivity index (χ1n) is 10.3. The van der Waals surface area contributed by atoms with Crippen LogP contribution < -0.4 is 15.4 Å². The molecule has 0 saturated carbocycles. The van der Waals surface area contributed by atoms with Crippen molar-refractivity contribution in [2.75, 3.05) is 5.32 Å². The average Bonchev–Trinajstić information content (AvgIpc) is 2.76. The highest BCUT2D eigenvalue weighted by molar-refractivity contribution is 5.96. The van der Waals surface area contributed by atoms with Crippen molar-refractivity contribution in [3.8, 4) is 5.88 Å². The molecule has 166 valence electrons. The van der Waals surface area contributed by atoms with Crippen molar-refractivity contribution in [3.05, 3.63) is 89.6 Å². The van der Waals surface area contributed by atoms with Gasteiger partial charge in [0.2, 0.25) is 5.88 Å². The van der Waals surface area contributed by atoms with Gasteiger partial charge in [0.05, 0.1) is 0 Å². The SMILES string of the molecule is CC(C)(C)OC(=O)Nc1cccc(C(=O)NCc2ccnc(OCc3ccccc3)c2)c1. The molecule has 0 aliphatic carbocycles. The highest BCUT2D eigenvalue weighted by Gasteiger charge is 2.16. The molecule has 2 aromatic carbocycles. The molecule has 0 aliphatic heterocycles. The molecule has 0 radical (unpaired) electrons. The molecule has 0 atom stereocenters. The summed E-state index contributed by atoms with van der Waals surface area (Å²) in [5.41, 5.74) is 2.21. The van der Waals surface area contributed by atoms with E-state index in [0.29, 0.717) is 30.3 Å². The predicted octanol–water partition coefficient (Wildman–Crippen LogP) is 4.94. The monoisotopic (exact) mass is 433 g/mol. The molecule has 3 aromatic rings. The van der Waals surface area contributed by atoms with Crippen molar-refractivity contribution in [3.63, 3.8) is 0 Å². The van der Waals surface area contributed by atoms with Crippen molar-refractivity contribution in [2.45, 2.75) is 39.5 Å². The maximum atomic E-state index is 12.6. The zero-order chi connectivity index (χ0) is 23.0. The zero-order valence-electron chi connectivity index (χ0n) is 18.4. The summed E-state index contributed by atoms with van der Waals surface area (Å²) < 4.78 is 11.0. The highest BCUT2D eigenvalue weighted by Crippen LogP contribution is 2.15. The standard InChI is InChI=1S/C25H27N3O4/c1-25(2,3)32-24(30)28-21-11-7-10-20(15-21)23(29)27-16-19-12-13-26-22(14-19)31-17-18-8-5-4-6-9-18/h4-15H,16-17H2,1-3H3,(H,27,29)(H,28,30). The molecule has 1 aromatic heterocycles. The first-order chi connectivity index (χ1) is 15.3. The van der Waals surface area contributed by atoms with Gasteiger partial charge in [0.15, 0.2) is 0 Å². The van der Waals surface area contributed by atoms with Crippen molar-refractivity contribution in [1.29, 1.82) is 0 Å². The van der Waals surface area contributed by atoms with Gasteiger partial charge in [-0.05, 0) is 56.2 Å². The van der Waals surface area contributed by atoms with Crippen LogP contribution in [0.5, 0.6) is 5.88 Å². The molecule has 0 unspecified atom stereocenters. The van der Waals surface area contributed by atoms with E-state index >= 15 is 0 Å². The number of ether oxygens (including phenoxy) is 2. The third kappa shape index (κ3) is 7.43. The lowest BCUT2D eigenvalue weighted by Gasteiger charge is -2.19. The van der Waals surface area contributed by atoms with Crippen molar-refractivity contribution in [1.82, 2.24) is 10.3 Å². The first-order valence-corrected chi connectivity index (χ1v) is 10.3. The number of carbonyl (C=O) groups excluding carboxylic acids is 2. The molecule has 2 amide bonds. The minimum Gasteiger partial charge on any atom is -0.473 e. The molecule has 0 aliphatic rings. The molecule has 0 fully saturated rings. The number of rotatable bonds is 7. The lowest BCUT2D eigenvalue weighted by molar-refractivity contribution is 0.0635. The maximum Gasteiger partial charge on any atom is 0.412 e. The number of anilines is 1. The maximum absolute atomic E-state index is 12.6. The number of nitrogens with one attached hydrogen (secondary N) is 2. The van der Waals surface area contributed by atoms with Crippen LogP contribution in [0.4, 0.5) is 10.5 Å². The fourth-order valence-electron chi connectivity index (χ4n) is 2.81. The normalized spacial score (nSPS) is 10.8. The fraction of sp³-hybridized carbons (Fsp3) is 0.240. The van der Waals surface area contributed by atoms with Crippen LogP contribution in [0.2, 0.25) is 0 Å². The number of benzene rings is 2. The summed E-state index contributed by atoms with van der Waals surface area (Å²) in [4.78, 5) is 28.7. The van der Waals surface area contributed by atoms with Gasteiger partial charge in [-0.25, -0.2) is 9.78 Å². The van der Waals surface area contributed by atoms with Crippen LogP contribution in [-0.4, -0.2) is 22.6 Å². The number of aromatic nitrogens is 1. The Kier molecular flexibility index (Phi) is 7.44. The van der Waals surface area contributed by atoms with Crippen LogP contribution in [0.3, 0.4) is 0 Å². The molecular formula is C25H27N3O4. The van der Waals surface area contributed by atoms with Crippen LogP contribution in [0, 0.1) is 0 Å². The molecule has 7 nitrogen and oxygen atoms in total. The highest BCUT2D eigenvalue weighted by atomic mass is 16.6. The first kappa shape index (κ1) is 22.8. The van der Waals surface area contributed by atoms with Crippen LogP contribution in [0.1, 0.15) is 42.3 Å². The summed E-state index contributed by atoms with van der Waals surface area (Å²) in [5.74, 6) is 0.227. The zero-order valence-corrected chi connectivity index (χ0v) is 18.4. The minimum absolute atomic E-state index is 0.263. The van der Waals surface area contributed by atoms with E-state index in [4.69, 9.17) is 9.47 Å². The second kappa shape index (κ2) is 10.4. The summed E-state index contributed by atoms with van der Waals surface area (Å²) in [6, 6.07) is 20.1. The van der Waals surface area contributed by atoms with E-state index < -0.39 is 11.7 Å². The molecule has 1 heterocycles. The molecule has 0 saturated heterocycles. The van der Waals surface area contributed by atoms with Crippen molar-refractivity contribution < 1.29 is 19.1 Å². The summed E-state index contributed by atoms with van der Waals surface area (Å²) in [6.07, 6.45) is 1.07. The van der Waals surface area contributed by atoms with Crippen molar-refractivity contribution in [2.24, 2.45) is 0 Å². The van der Waals surface area contributed by atoms with Gasteiger partial charge >= 0.3 is 6.09 Å². The quantitative estimate of drug-likeness (QED) is 0.551. The number of hydrogen-bond acceptors (Lipinski definition) is 5. The Morgan fingerprint density at radius 3 is 2.47 bits per heavy atom. The van der Waals surface area contributed by atoms with E-state index in [9.17, 15) is 9.59 Å². The van der Waals surface area contributed by atoms with Gasteiger partial charge in [0, 0.05) is 30.1 Å². The van der Waals surface area contributed by atoms with Crippen LogP contribution in [0.15, 0.2) is 72.9 Å². The van der Waals surface area contributed by atoms with E-state index in [1.54, 1.807) is 57.3 Å². The topological polar surface area (TPSA) is 89.5 Å². The van der Waals surface area contributed by atoms with Crippen LogP contribution in [-0.2, 0) is 17.9 Å². The summed E-state index contributed by atoms with van der Waals surface area (Å²) in [7, 11) is 0. The van der Waals surface area contributed by atoms with E-state index in [1.807, 2.05) is 36.4 Å². The van der Waals surface area contributed by atoms with Gasteiger partial charge < -0.3 is 14.8 Å². The second-order valence-electron chi connectivity index (χ2n) is 8.17. The Morgan fingerprint density at radius 2 is 1.72 bits per heavy atom. The Labute approximate surface area is 187 Å². The largest absolute Gasteiger partial charge is 0.473 e. The van der Waals surface area contributed by atoms with E-state index in [0.717, 1.165) is 11.1 Å². The molecule has 2 N–H and O–H groups in total. The van der Waals surface area contributed by atoms with Gasteiger partial charge in [-0.1, -0.05) is 36.4 Å². The van der Waals surface area contributed by atoms with Crippen LogP contribution in [0.25, 0.3) is 0 Å². The lowest BCUT2D eigenvalue weighted by Crippen LogP contribution is -2.27. The molecular weight excluding hydrogens is 406 g/mol. The number of carbonyl (C=O) groups is 2. The minimum atomic E-state index is -0.604. The average molecular weight is 434 g/mol. The lowest BCUT2D eigenvalue weighted by atomic mass is 10.1. The van der Waals surface area contributed by atoms with Gasteiger partial charge in [-0.2, -0.15) is 0 Å². The Hall–Kier alpha value is -3.87. The number of nitrogens with zero attached hydrogens (tertiary/aromatic N) is 1. The van der Waals surface area contributed by atoms with Crippen LogP contribution >= 0.6 is 0 Å². The third-order valence-corrected chi connectivity index (χ3v) is 4.25. The molecule has 32 heavy (non-hydrogen) atoms. The Bertz CT molecular complexity index is 1060. The van der Waals surface area contributed by atoms with Crippen molar-refractivity contribution >= 4 is 17.7 Å². The Balaban J connectivity index is 1.55. The summed E-state index contributed by atoms with van der Waals surface area (Å²) >= 11 is 0. The Morgan fingerprint density at radius 1 is 0.938 bits per heavy atom. The summed E-state index contributed by atoms with van der Waals surface area (Å²) in [6.45, 7) is 6.09. The number of hydrogen-bond donors (Lipinski definition) is 2. The molecule has 3 rings (SSSR count). The molecule has 0 bridgehead atoms. The third-order valence-electron chi connectivity index (χ3n) is 4.25. The smallest absolute Gasteiger partial charge is 0.412 e. The molecule has 0 spiro atoms. The molecule has 7 heteroatoms.